The maximum atomic E-state index is 13.0. The van der Waals surface area contributed by atoms with Crippen LogP contribution in [0.2, 0.25) is 5.02 Å². The van der Waals surface area contributed by atoms with Crippen LogP contribution in [0.4, 0.5) is 0 Å². The van der Waals surface area contributed by atoms with Gasteiger partial charge in [0.05, 0.1) is 10.1 Å². The van der Waals surface area contributed by atoms with Crippen LogP contribution in [0.5, 0.6) is 0 Å². The van der Waals surface area contributed by atoms with Crippen LogP contribution in [0.1, 0.15) is 39.0 Å². The molecule has 21 heavy (non-hydrogen) atoms. The average molecular weight is 330 g/mol. The molecule has 0 spiro atoms. The van der Waals surface area contributed by atoms with Crippen molar-refractivity contribution in [1.29, 1.82) is 0 Å². The molecule has 1 aliphatic rings. The van der Waals surface area contributed by atoms with Gasteiger partial charge in [-0.05, 0) is 50.4 Å². The van der Waals surface area contributed by atoms with E-state index in [4.69, 9.17) is 11.6 Å². The summed E-state index contributed by atoms with van der Waals surface area (Å²) in [5.41, 5.74) is 0. The zero-order chi connectivity index (χ0) is 15.5. The number of sulfone groups is 1. The van der Waals surface area contributed by atoms with E-state index < -0.39 is 9.84 Å². The Hall–Kier alpha value is -0.580. The molecule has 0 saturated heterocycles. The molecule has 0 bridgehead atoms. The molecular weight excluding hydrogens is 306 g/mol. The molecule has 0 amide bonds. The van der Waals surface area contributed by atoms with Crippen molar-refractivity contribution in [1.82, 2.24) is 5.32 Å². The molecule has 0 radical (unpaired) electrons. The first kappa shape index (κ1) is 16.8. The lowest BCUT2D eigenvalue weighted by Crippen LogP contribution is -2.46. The van der Waals surface area contributed by atoms with E-state index in [2.05, 4.69) is 12.2 Å². The molecule has 1 saturated carbocycles. The summed E-state index contributed by atoms with van der Waals surface area (Å²) in [5.74, 6) is 0.513. The molecule has 1 aromatic rings. The second-order valence-corrected chi connectivity index (χ2v) is 8.51. The predicted octanol–water partition coefficient (Wildman–Crippen LogP) is 3.67. The molecular formula is C16H24ClNO2S. The topological polar surface area (TPSA) is 46.2 Å². The van der Waals surface area contributed by atoms with Crippen molar-refractivity contribution in [3.8, 4) is 0 Å². The van der Waals surface area contributed by atoms with Gasteiger partial charge in [-0.2, -0.15) is 0 Å². The minimum atomic E-state index is -3.34. The smallest absolute Gasteiger partial charge is 0.182 e. The fourth-order valence-corrected chi connectivity index (χ4v) is 5.77. The molecule has 0 aliphatic heterocycles. The predicted molar refractivity (Wildman–Crippen MR) is 87.5 cm³/mol. The summed E-state index contributed by atoms with van der Waals surface area (Å²) in [4.78, 5) is 0.345. The largest absolute Gasteiger partial charge is 0.316 e. The van der Waals surface area contributed by atoms with Crippen LogP contribution in [0.15, 0.2) is 29.2 Å². The standard InChI is InChI=1S/C16H24ClNO2S/c1-3-5-12-8-9-15(18-2)16(10-12)21(19,20)14-7-4-6-13(17)11-14/h4,6-7,11-12,15-16,18H,3,5,8-10H2,1-2H3. The van der Waals surface area contributed by atoms with Gasteiger partial charge >= 0.3 is 0 Å². The highest BCUT2D eigenvalue weighted by molar-refractivity contribution is 7.92. The summed E-state index contributed by atoms with van der Waals surface area (Å²) in [5, 5.41) is 3.31. The zero-order valence-corrected chi connectivity index (χ0v) is 14.3. The summed E-state index contributed by atoms with van der Waals surface area (Å²) < 4.78 is 25.9. The normalized spacial score (nSPS) is 26.7. The Balaban J connectivity index is 2.30. The third kappa shape index (κ3) is 3.79. The van der Waals surface area contributed by atoms with Gasteiger partial charge in [0.25, 0.3) is 0 Å². The molecule has 1 aromatic carbocycles. The summed E-state index contributed by atoms with van der Waals surface area (Å²) in [6.07, 6.45) is 5.00. The molecule has 3 nitrogen and oxygen atoms in total. The van der Waals surface area contributed by atoms with E-state index in [1.54, 1.807) is 24.3 Å². The summed E-state index contributed by atoms with van der Waals surface area (Å²) in [6.45, 7) is 2.16. The van der Waals surface area contributed by atoms with E-state index in [1.165, 1.54) is 0 Å². The number of benzene rings is 1. The van der Waals surface area contributed by atoms with Gasteiger partial charge < -0.3 is 5.32 Å². The maximum absolute atomic E-state index is 13.0. The van der Waals surface area contributed by atoms with Gasteiger partial charge in [-0.25, -0.2) is 8.42 Å². The summed E-state index contributed by atoms with van der Waals surface area (Å²) in [6, 6.07) is 6.65. The molecule has 3 unspecified atom stereocenters. The number of nitrogens with one attached hydrogen (secondary N) is 1. The Morgan fingerprint density at radius 2 is 2.10 bits per heavy atom. The highest BCUT2D eigenvalue weighted by atomic mass is 35.5. The van der Waals surface area contributed by atoms with Crippen LogP contribution in [0, 0.1) is 5.92 Å². The van der Waals surface area contributed by atoms with Gasteiger partial charge in [-0.1, -0.05) is 37.4 Å². The molecule has 118 valence electrons. The third-order valence-corrected chi connectivity index (χ3v) is 6.96. The minimum Gasteiger partial charge on any atom is -0.316 e. The number of rotatable bonds is 5. The molecule has 0 heterocycles. The Kier molecular flexibility index (Phi) is 5.69. The van der Waals surface area contributed by atoms with Gasteiger partial charge in [0.15, 0.2) is 9.84 Å². The molecule has 0 aromatic heterocycles. The molecule has 3 atom stereocenters. The SMILES string of the molecule is CCCC1CCC(NC)C(S(=O)(=O)c2cccc(Cl)c2)C1. The monoisotopic (exact) mass is 329 g/mol. The Labute approximate surface area is 133 Å². The van der Waals surface area contributed by atoms with E-state index >= 15 is 0 Å². The average Bonchev–Trinajstić information content (AvgIpc) is 2.47. The highest BCUT2D eigenvalue weighted by Crippen LogP contribution is 2.35. The maximum Gasteiger partial charge on any atom is 0.182 e. The minimum absolute atomic E-state index is 0.0297. The van der Waals surface area contributed by atoms with Crippen LogP contribution in [-0.4, -0.2) is 26.8 Å². The van der Waals surface area contributed by atoms with Crippen molar-refractivity contribution in [3.63, 3.8) is 0 Å². The Morgan fingerprint density at radius 1 is 1.33 bits per heavy atom. The van der Waals surface area contributed by atoms with Crippen molar-refractivity contribution < 1.29 is 8.42 Å². The number of halogens is 1. The number of hydrogen-bond donors (Lipinski definition) is 1. The van der Waals surface area contributed by atoms with Crippen molar-refractivity contribution in [3.05, 3.63) is 29.3 Å². The van der Waals surface area contributed by atoms with E-state index in [0.29, 0.717) is 15.8 Å². The van der Waals surface area contributed by atoms with Crippen LogP contribution in [0.3, 0.4) is 0 Å². The quantitative estimate of drug-likeness (QED) is 0.896. The van der Waals surface area contributed by atoms with Gasteiger partial charge in [0.2, 0.25) is 0 Å². The van der Waals surface area contributed by atoms with Crippen LogP contribution >= 0.6 is 11.6 Å². The number of hydrogen-bond acceptors (Lipinski definition) is 3. The van der Waals surface area contributed by atoms with Crippen molar-refractivity contribution in [2.45, 2.75) is 55.2 Å². The first-order valence-corrected chi connectivity index (χ1v) is 9.58. The van der Waals surface area contributed by atoms with E-state index in [-0.39, 0.29) is 11.3 Å². The van der Waals surface area contributed by atoms with Crippen LogP contribution in [0.25, 0.3) is 0 Å². The molecule has 2 rings (SSSR count). The molecule has 1 aliphatic carbocycles. The lowest BCUT2D eigenvalue weighted by molar-refractivity contribution is 0.288. The second-order valence-electron chi connectivity index (χ2n) is 5.90. The fraction of sp³-hybridized carbons (Fsp3) is 0.625. The second kappa shape index (κ2) is 7.12. The zero-order valence-electron chi connectivity index (χ0n) is 12.7. The summed E-state index contributed by atoms with van der Waals surface area (Å²) >= 11 is 5.96. The van der Waals surface area contributed by atoms with Crippen LogP contribution < -0.4 is 5.32 Å². The van der Waals surface area contributed by atoms with Crippen molar-refractivity contribution in [2.24, 2.45) is 5.92 Å². The van der Waals surface area contributed by atoms with E-state index in [9.17, 15) is 8.42 Å². The summed E-state index contributed by atoms with van der Waals surface area (Å²) in [7, 11) is -1.49. The third-order valence-electron chi connectivity index (χ3n) is 4.49. The molecule has 5 heteroatoms. The Bertz CT molecular complexity index is 573. The van der Waals surface area contributed by atoms with E-state index in [1.807, 2.05) is 7.05 Å². The first-order chi connectivity index (χ1) is 9.98. The van der Waals surface area contributed by atoms with Gasteiger partial charge in [0, 0.05) is 11.1 Å². The lowest BCUT2D eigenvalue weighted by Gasteiger charge is -2.35. The van der Waals surface area contributed by atoms with Crippen molar-refractivity contribution in [2.75, 3.05) is 7.05 Å². The van der Waals surface area contributed by atoms with Crippen LogP contribution in [-0.2, 0) is 9.84 Å². The van der Waals surface area contributed by atoms with Gasteiger partial charge in [-0.15, -0.1) is 0 Å². The van der Waals surface area contributed by atoms with Gasteiger partial charge in [-0.3, -0.25) is 0 Å². The lowest BCUT2D eigenvalue weighted by atomic mass is 9.83. The molecule has 1 fully saturated rings. The molecule has 1 N–H and O–H groups in total. The van der Waals surface area contributed by atoms with Crippen molar-refractivity contribution >= 4 is 21.4 Å². The highest BCUT2D eigenvalue weighted by Gasteiger charge is 2.38. The Morgan fingerprint density at radius 3 is 2.71 bits per heavy atom. The fourth-order valence-electron chi connectivity index (χ4n) is 3.37. The van der Waals surface area contributed by atoms with E-state index in [0.717, 1.165) is 32.1 Å². The van der Waals surface area contributed by atoms with Gasteiger partial charge in [0.1, 0.15) is 0 Å². The first-order valence-electron chi connectivity index (χ1n) is 7.65.